The Morgan fingerprint density at radius 2 is 1.94 bits per heavy atom. The second-order valence-electron chi connectivity index (χ2n) is 3.84. The molecule has 0 fully saturated rings. The summed E-state index contributed by atoms with van der Waals surface area (Å²) in [4.78, 5) is 10.9. The molecule has 0 radical (unpaired) electrons. The molecule has 0 unspecified atom stereocenters. The minimum Gasteiger partial charge on any atom is -0.453 e. The van der Waals surface area contributed by atoms with Gasteiger partial charge in [0.2, 0.25) is 0 Å². The van der Waals surface area contributed by atoms with Gasteiger partial charge < -0.3 is 4.74 Å². The van der Waals surface area contributed by atoms with Crippen molar-refractivity contribution in [1.29, 1.82) is 0 Å². The Morgan fingerprint density at radius 1 is 1.17 bits per heavy atom. The highest BCUT2D eigenvalue weighted by molar-refractivity contribution is 9.10. The van der Waals surface area contributed by atoms with Gasteiger partial charge in [-0.2, -0.15) is 0 Å². The van der Waals surface area contributed by atoms with Crippen molar-refractivity contribution in [1.82, 2.24) is 0 Å². The third-order valence-corrected chi connectivity index (χ3v) is 2.90. The number of aldehydes is 1. The van der Waals surface area contributed by atoms with Crippen LogP contribution in [0.5, 0.6) is 11.5 Å². The Hall–Kier alpha value is -1.68. The molecule has 0 N–H and O–H groups in total. The molecule has 0 aliphatic carbocycles. The largest absolute Gasteiger partial charge is 0.453 e. The molecule has 4 heteroatoms. The van der Waals surface area contributed by atoms with E-state index in [2.05, 4.69) is 15.9 Å². The molecule has 0 spiro atoms. The Bertz CT molecular complexity index is 596. The number of rotatable bonds is 3. The van der Waals surface area contributed by atoms with E-state index in [1.165, 1.54) is 12.1 Å². The highest BCUT2D eigenvalue weighted by Gasteiger charge is 2.09. The molecule has 0 aliphatic rings. The Kier molecular flexibility index (Phi) is 3.77. The fourth-order valence-electron chi connectivity index (χ4n) is 1.53. The van der Waals surface area contributed by atoms with E-state index in [4.69, 9.17) is 4.74 Å². The van der Waals surface area contributed by atoms with Crippen molar-refractivity contribution in [3.05, 3.63) is 57.8 Å². The molecule has 0 atom stereocenters. The van der Waals surface area contributed by atoms with Gasteiger partial charge in [0.15, 0.2) is 17.9 Å². The molecule has 2 nitrogen and oxygen atoms in total. The number of aryl methyl sites for hydroxylation is 1. The minimum absolute atomic E-state index is 0.0799. The molecule has 0 bridgehead atoms. The van der Waals surface area contributed by atoms with Crippen LogP contribution in [-0.2, 0) is 0 Å². The predicted octanol–water partition coefficient (Wildman–Crippen LogP) is 4.50. The lowest BCUT2D eigenvalue weighted by atomic mass is 10.1. The standard InChI is InChI=1S/C14H10BrFO2/c1-9-2-5-13(10(6-9)8-17)18-14-7-11(15)3-4-12(14)16/h2-8H,1H3. The van der Waals surface area contributed by atoms with Gasteiger partial charge in [0.05, 0.1) is 5.56 Å². The summed E-state index contributed by atoms with van der Waals surface area (Å²) in [5.74, 6) is -0.0560. The molecule has 0 heterocycles. The zero-order valence-corrected chi connectivity index (χ0v) is 11.2. The Labute approximate surface area is 113 Å². The summed E-state index contributed by atoms with van der Waals surface area (Å²) in [6.07, 6.45) is 0.693. The molecule has 0 amide bonds. The highest BCUT2D eigenvalue weighted by atomic mass is 79.9. The van der Waals surface area contributed by atoms with Gasteiger partial charge in [0.1, 0.15) is 5.75 Å². The van der Waals surface area contributed by atoms with Crippen LogP contribution in [0, 0.1) is 12.7 Å². The third kappa shape index (κ3) is 2.76. The van der Waals surface area contributed by atoms with Gasteiger partial charge >= 0.3 is 0 Å². The van der Waals surface area contributed by atoms with Crippen molar-refractivity contribution < 1.29 is 13.9 Å². The molecule has 92 valence electrons. The first-order valence-corrected chi connectivity index (χ1v) is 6.08. The van der Waals surface area contributed by atoms with Gasteiger partial charge in [-0.15, -0.1) is 0 Å². The number of benzene rings is 2. The van der Waals surface area contributed by atoms with E-state index in [1.807, 2.05) is 6.92 Å². The summed E-state index contributed by atoms with van der Waals surface area (Å²) in [6.45, 7) is 1.87. The average Bonchev–Trinajstić information content (AvgIpc) is 2.36. The van der Waals surface area contributed by atoms with E-state index in [-0.39, 0.29) is 5.75 Å². The number of carbonyl (C=O) groups is 1. The molecule has 18 heavy (non-hydrogen) atoms. The van der Waals surface area contributed by atoms with Crippen LogP contribution in [0.25, 0.3) is 0 Å². The van der Waals surface area contributed by atoms with E-state index >= 15 is 0 Å². The predicted molar refractivity (Wildman–Crippen MR) is 70.7 cm³/mol. The van der Waals surface area contributed by atoms with Crippen LogP contribution in [0.4, 0.5) is 4.39 Å². The summed E-state index contributed by atoms with van der Waals surface area (Å²) in [6, 6.07) is 9.55. The molecule has 0 saturated heterocycles. The van der Waals surface area contributed by atoms with Crippen molar-refractivity contribution in [3.8, 4) is 11.5 Å². The molecular weight excluding hydrogens is 299 g/mol. The van der Waals surface area contributed by atoms with E-state index in [0.29, 0.717) is 22.1 Å². The second kappa shape index (κ2) is 5.31. The second-order valence-corrected chi connectivity index (χ2v) is 4.75. The van der Waals surface area contributed by atoms with Crippen LogP contribution in [0.2, 0.25) is 0 Å². The SMILES string of the molecule is Cc1ccc(Oc2cc(Br)ccc2F)c(C=O)c1. The molecule has 2 aromatic rings. The maximum atomic E-state index is 13.5. The Morgan fingerprint density at radius 3 is 2.67 bits per heavy atom. The van der Waals surface area contributed by atoms with Crippen LogP contribution in [0.15, 0.2) is 40.9 Å². The quantitative estimate of drug-likeness (QED) is 0.780. The lowest BCUT2D eigenvalue weighted by Gasteiger charge is -2.09. The number of hydrogen-bond donors (Lipinski definition) is 0. The molecule has 0 aliphatic heterocycles. The monoisotopic (exact) mass is 308 g/mol. The zero-order chi connectivity index (χ0) is 13.1. The van der Waals surface area contributed by atoms with Crippen LogP contribution in [0.1, 0.15) is 15.9 Å². The van der Waals surface area contributed by atoms with Gasteiger partial charge in [0, 0.05) is 4.47 Å². The Balaban J connectivity index is 2.39. The van der Waals surface area contributed by atoms with Crippen LogP contribution in [-0.4, -0.2) is 6.29 Å². The van der Waals surface area contributed by atoms with E-state index in [0.717, 1.165) is 5.56 Å². The highest BCUT2D eigenvalue weighted by Crippen LogP contribution is 2.29. The van der Waals surface area contributed by atoms with Gasteiger partial charge in [-0.25, -0.2) is 4.39 Å². The van der Waals surface area contributed by atoms with Gasteiger partial charge in [-0.3, -0.25) is 4.79 Å². The minimum atomic E-state index is -0.476. The zero-order valence-electron chi connectivity index (χ0n) is 9.61. The number of ether oxygens (including phenoxy) is 1. The maximum absolute atomic E-state index is 13.5. The van der Waals surface area contributed by atoms with Crippen molar-refractivity contribution in [2.45, 2.75) is 6.92 Å². The first kappa shape index (κ1) is 12.8. The van der Waals surface area contributed by atoms with Gasteiger partial charge in [0.25, 0.3) is 0 Å². The molecule has 0 saturated carbocycles. The van der Waals surface area contributed by atoms with Crippen molar-refractivity contribution in [3.63, 3.8) is 0 Å². The average molecular weight is 309 g/mol. The first-order chi connectivity index (χ1) is 8.60. The van der Waals surface area contributed by atoms with E-state index < -0.39 is 5.82 Å². The molecular formula is C14H10BrFO2. The van der Waals surface area contributed by atoms with Crippen LogP contribution in [0.3, 0.4) is 0 Å². The van der Waals surface area contributed by atoms with Crippen molar-refractivity contribution in [2.24, 2.45) is 0 Å². The lowest BCUT2D eigenvalue weighted by molar-refractivity contribution is 0.112. The van der Waals surface area contributed by atoms with Crippen LogP contribution < -0.4 is 4.74 Å². The summed E-state index contributed by atoms with van der Waals surface area (Å²) in [5, 5.41) is 0. The first-order valence-electron chi connectivity index (χ1n) is 5.29. The number of hydrogen-bond acceptors (Lipinski definition) is 2. The van der Waals surface area contributed by atoms with Crippen LogP contribution >= 0.6 is 15.9 Å². The molecule has 2 aromatic carbocycles. The summed E-state index contributed by atoms with van der Waals surface area (Å²) in [7, 11) is 0. The fourth-order valence-corrected chi connectivity index (χ4v) is 1.87. The summed E-state index contributed by atoms with van der Waals surface area (Å²) >= 11 is 3.24. The van der Waals surface area contributed by atoms with Crippen molar-refractivity contribution >= 4 is 22.2 Å². The van der Waals surface area contributed by atoms with E-state index in [1.54, 1.807) is 24.3 Å². The van der Waals surface area contributed by atoms with Gasteiger partial charge in [-0.05, 0) is 37.3 Å². The number of halogens is 2. The molecule has 2 rings (SSSR count). The summed E-state index contributed by atoms with van der Waals surface area (Å²) < 4.78 is 19.7. The third-order valence-electron chi connectivity index (χ3n) is 2.41. The van der Waals surface area contributed by atoms with E-state index in [9.17, 15) is 9.18 Å². The molecule has 0 aromatic heterocycles. The maximum Gasteiger partial charge on any atom is 0.165 e. The normalized spacial score (nSPS) is 10.2. The topological polar surface area (TPSA) is 26.3 Å². The van der Waals surface area contributed by atoms with Crippen molar-refractivity contribution in [2.75, 3.05) is 0 Å². The smallest absolute Gasteiger partial charge is 0.165 e. The summed E-state index contributed by atoms with van der Waals surface area (Å²) in [5.41, 5.74) is 1.34. The van der Waals surface area contributed by atoms with Gasteiger partial charge in [-0.1, -0.05) is 27.6 Å². The number of carbonyl (C=O) groups excluding carboxylic acids is 1. The fraction of sp³-hybridized carbons (Fsp3) is 0.0714. The lowest BCUT2D eigenvalue weighted by Crippen LogP contribution is -1.93.